The average Bonchev–Trinajstić information content (AvgIpc) is 3.28. The minimum Gasteiger partial charge on any atom is -0.355 e. The minimum absolute atomic E-state index is 0.0122. The van der Waals surface area contributed by atoms with Gasteiger partial charge in [0.15, 0.2) is 11.6 Å². The highest BCUT2D eigenvalue weighted by atomic mass is 32.2. The number of aromatic nitrogens is 4. The van der Waals surface area contributed by atoms with Crippen molar-refractivity contribution in [2.24, 2.45) is 11.1 Å². The molecular weight excluding hydrogens is 394 g/mol. The smallest absolute Gasteiger partial charge is 0.172 e. The molecule has 6 nitrogen and oxygen atoms in total. The first-order chi connectivity index (χ1) is 14.1. The van der Waals surface area contributed by atoms with E-state index in [1.165, 1.54) is 12.1 Å². The van der Waals surface area contributed by atoms with Crippen LogP contribution < -0.4 is 10.6 Å². The van der Waals surface area contributed by atoms with Crippen molar-refractivity contribution in [3.8, 4) is 0 Å². The van der Waals surface area contributed by atoms with Crippen LogP contribution in [0.3, 0.4) is 0 Å². The Hall–Kier alpha value is -2.52. The lowest BCUT2D eigenvalue weighted by molar-refractivity contribution is 0.170. The molecular formula is C20H20F2N6S. The van der Waals surface area contributed by atoms with E-state index in [1.807, 2.05) is 16.9 Å². The fourth-order valence-electron chi connectivity index (χ4n) is 4.30. The van der Waals surface area contributed by atoms with Crippen LogP contribution in [0.2, 0.25) is 0 Å². The first kappa shape index (κ1) is 18.5. The number of halogens is 2. The maximum atomic E-state index is 13.8. The van der Waals surface area contributed by atoms with E-state index in [0.717, 1.165) is 61.8 Å². The summed E-state index contributed by atoms with van der Waals surface area (Å²) in [6.45, 7) is 2.56. The molecule has 3 aromatic rings. The third-order valence-electron chi connectivity index (χ3n) is 6.02. The molecule has 1 saturated heterocycles. The quantitative estimate of drug-likeness (QED) is 0.708. The summed E-state index contributed by atoms with van der Waals surface area (Å²) in [7, 11) is 0. The van der Waals surface area contributed by atoms with Gasteiger partial charge in [-0.1, -0.05) is 17.8 Å². The van der Waals surface area contributed by atoms with Gasteiger partial charge in [0, 0.05) is 31.2 Å². The minimum atomic E-state index is -0.867. The lowest BCUT2D eigenvalue weighted by atomic mass is 9.73. The van der Waals surface area contributed by atoms with Crippen molar-refractivity contribution in [2.75, 3.05) is 18.0 Å². The third-order valence-corrected chi connectivity index (χ3v) is 6.98. The lowest BCUT2D eigenvalue weighted by Crippen LogP contribution is -2.45. The van der Waals surface area contributed by atoms with Crippen LogP contribution in [0.4, 0.5) is 14.6 Å². The van der Waals surface area contributed by atoms with Crippen LogP contribution in [0.5, 0.6) is 0 Å². The van der Waals surface area contributed by atoms with Crippen LogP contribution in [0, 0.1) is 17.0 Å². The molecule has 0 unspecified atom stereocenters. The molecule has 2 aliphatic rings. The summed E-state index contributed by atoms with van der Waals surface area (Å²) in [5.74, 6) is -0.945. The largest absolute Gasteiger partial charge is 0.355 e. The van der Waals surface area contributed by atoms with E-state index in [0.29, 0.717) is 5.03 Å². The topological polar surface area (TPSA) is 72.9 Å². The first-order valence-corrected chi connectivity index (χ1v) is 10.3. The van der Waals surface area contributed by atoms with E-state index < -0.39 is 11.6 Å². The number of nitrogens with zero attached hydrogens (tertiary/aromatic N) is 5. The molecule has 0 aliphatic carbocycles. The summed E-state index contributed by atoms with van der Waals surface area (Å²) in [5, 5.41) is 4.90. The number of anilines is 1. The van der Waals surface area contributed by atoms with E-state index in [9.17, 15) is 8.78 Å². The number of nitrogens with two attached hydrogens (primary N) is 1. The van der Waals surface area contributed by atoms with Crippen molar-refractivity contribution in [3.63, 3.8) is 0 Å². The van der Waals surface area contributed by atoms with Crippen molar-refractivity contribution in [1.29, 1.82) is 0 Å². The van der Waals surface area contributed by atoms with Crippen LogP contribution in [0.25, 0.3) is 0 Å². The molecule has 29 heavy (non-hydrogen) atoms. The number of rotatable bonds is 3. The first-order valence-electron chi connectivity index (χ1n) is 9.52. The zero-order valence-electron chi connectivity index (χ0n) is 15.6. The number of piperidine rings is 1. The van der Waals surface area contributed by atoms with Crippen LogP contribution in [-0.2, 0) is 6.54 Å². The molecule has 5 rings (SSSR count). The summed E-state index contributed by atoms with van der Waals surface area (Å²) in [4.78, 5) is 11.3. The molecule has 1 fully saturated rings. The summed E-state index contributed by atoms with van der Waals surface area (Å²) in [6.07, 6.45) is 7.03. The van der Waals surface area contributed by atoms with Gasteiger partial charge in [0.2, 0.25) is 0 Å². The standard InChI is InChI=1S/C20H20F2N6S/c21-13-2-1-3-15(18(13)22)29-17-11-24-16(10-25-17)27-8-5-20(6-9-27)12-28-14(19(20)23)4-7-26-28/h1-4,7,10-11,19H,5-6,8-9,12,23H2/t19-/m1/s1. The fourth-order valence-corrected chi connectivity index (χ4v) is 5.07. The van der Waals surface area contributed by atoms with Crippen molar-refractivity contribution in [3.05, 3.63) is 60.2 Å². The third kappa shape index (κ3) is 3.18. The second-order valence-electron chi connectivity index (χ2n) is 7.61. The fraction of sp³-hybridized carbons (Fsp3) is 0.350. The van der Waals surface area contributed by atoms with Crippen LogP contribution >= 0.6 is 11.8 Å². The van der Waals surface area contributed by atoms with E-state index >= 15 is 0 Å². The van der Waals surface area contributed by atoms with Gasteiger partial charge in [-0.15, -0.1) is 0 Å². The second kappa shape index (κ2) is 7.07. The number of fused-ring (bicyclic) bond motifs is 1. The lowest BCUT2D eigenvalue weighted by Gasteiger charge is -2.41. The summed E-state index contributed by atoms with van der Waals surface area (Å²) >= 11 is 1.06. The zero-order chi connectivity index (χ0) is 20.0. The number of hydrogen-bond acceptors (Lipinski definition) is 6. The predicted octanol–water partition coefficient (Wildman–Crippen LogP) is 3.40. The van der Waals surface area contributed by atoms with Crippen LogP contribution in [-0.4, -0.2) is 32.8 Å². The predicted molar refractivity (Wildman–Crippen MR) is 106 cm³/mol. The molecule has 1 aromatic carbocycles. The molecule has 0 bridgehead atoms. The Labute approximate surface area is 171 Å². The Morgan fingerprint density at radius 3 is 2.66 bits per heavy atom. The van der Waals surface area contributed by atoms with Crippen molar-refractivity contribution < 1.29 is 8.78 Å². The van der Waals surface area contributed by atoms with Gasteiger partial charge in [0.25, 0.3) is 0 Å². The average molecular weight is 414 g/mol. The molecule has 4 heterocycles. The van der Waals surface area contributed by atoms with Gasteiger partial charge in [0.05, 0.1) is 29.0 Å². The van der Waals surface area contributed by atoms with Gasteiger partial charge in [-0.3, -0.25) is 4.68 Å². The Morgan fingerprint density at radius 1 is 1.10 bits per heavy atom. The Bertz CT molecular complexity index is 1030. The van der Waals surface area contributed by atoms with Crippen molar-refractivity contribution >= 4 is 17.6 Å². The van der Waals surface area contributed by atoms with Gasteiger partial charge in [0.1, 0.15) is 10.8 Å². The maximum Gasteiger partial charge on any atom is 0.172 e. The van der Waals surface area contributed by atoms with Crippen LogP contribution in [0.15, 0.2) is 52.8 Å². The Balaban J connectivity index is 1.25. The molecule has 2 N–H and O–H groups in total. The second-order valence-corrected chi connectivity index (χ2v) is 8.67. The van der Waals surface area contributed by atoms with Gasteiger partial charge in [-0.2, -0.15) is 5.10 Å². The van der Waals surface area contributed by atoms with Crippen molar-refractivity contribution in [2.45, 2.75) is 35.3 Å². The number of hydrogen-bond donors (Lipinski definition) is 1. The molecule has 1 atom stereocenters. The monoisotopic (exact) mass is 414 g/mol. The van der Waals surface area contributed by atoms with Gasteiger partial charge in [-0.05, 0) is 31.0 Å². The van der Waals surface area contributed by atoms with Gasteiger partial charge < -0.3 is 10.6 Å². The van der Waals surface area contributed by atoms with E-state index in [-0.39, 0.29) is 16.4 Å². The molecule has 0 radical (unpaired) electrons. The normalized spacial score (nSPS) is 20.2. The van der Waals surface area contributed by atoms with Gasteiger partial charge >= 0.3 is 0 Å². The van der Waals surface area contributed by atoms with Crippen LogP contribution in [0.1, 0.15) is 24.6 Å². The number of benzene rings is 1. The van der Waals surface area contributed by atoms with Gasteiger partial charge in [-0.25, -0.2) is 18.7 Å². The molecule has 1 spiro atoms. The highest BCUT2D eigenvalue weighted by molar-refractivity contribution is 7.99. The summed E-state index contributed by atoms with van der Waals surface area (Å²) in [5.41, 5.74) is 7.70. The highest BCUT2D eigenvalue weighted by Crippen LogP contribution is 2.47. The van der Waals surface area contributed by atoms with E-state index in [2.05, 4.69) is 20.0 Å². The zero-order valence-corrected chi connectivity index (χ0v) is 16.4. The Morgan fingerprint density at radius 2 is 1.93 bits per heavy atom. The summed E-state index contributed by atoms with van der Waals surface area (Å²) < 4.78 is 29.2. The molecule has 0 saturated carbocycles. The van der Waals surface area contributed by atoms with Crippen molar-refractivity contribution in [1.82, 2.24) is 19.7 Å². The molecule has 0 amide bonds. The maximum absolute atomic E-state index is 13.8. The summed E-state index contributed by atoms with van der Waals surface area (Å²) in [6, 6.07) is 6.12. The highest BCUT2D eigenvalue weighted by Gasteiger charge is 2.46. The Kier molecular flexibility index (Phi) is 4.51. The molecule has 2 aliphatic heterocycles. The molecule has 2 aromatic heterocycles. The molecule has 150 valence electrons. The van der Waals surface area contributed by atoms with E-state index in [1.54, 1.807) is 12.4 Å². The SMILES string of the molecule is N[C@@H]1c2ccnn2CC12CCN(c1cnc(Sc3cccc(F)c3F)cn1)CC2. The molecule has 9 heteroatoms. The van der Waals surface area contributed by atoms with E-state index in [4.69, 9.17) is 5.73 Å².